The Labute approximate surface area is 124 Å². The van der Waals surface area contributed by atoms with Gasteiger partial charge < -0.3 is 15.2 Å². The Morgan fingerprint density at radius 1 is 1.19 bits per heavy atom. The number of carbonyl (C=O) groups excluding carboxylic acids is 1. The third-order valence-corrected chi connectivity index (χ3v) is 3.85. The fraction of sp³-hybridized carbons (Fsp3) is 0.500. The first-order chi connectivity index (χ1) is 10.0. The van der Waals surface area contributed by atoms with Gasteiger partial charge in [-0.15, -0.1) is 0 Å². The van der Waals surface area contributed by atoms with Gasteiger partial charge in [0.25, 0.3) is 5.91 Å². The van der Waals surface area contributed by atoms with Gasteiger partial charge in [-0.2, -0.15) is 0 Å². The average Bonchev–Trinajstić information content (AvgIpc) is 2.48. The molecular formula is C16H21NO4. The molecule has 0 radical (unpaired) electrons. The quantitative estimate of drug-likeness (QED) is 0.873. The molecule has 5 heteroatoms. The summed E-state index contributed by atoms with van der Waals surface area (Å²) in [6.07, 6.45) is 4.37. The van der Waals surface area contributed by atoms with Gasteiger partial charge in [0.2, 0.25) is 0 Å². The van der Waals surface area contributed by atoms with E-state index >= 15 is 0 Å². The first-order valence-electron chi connectivity index (χ1n) is 7.30. The van der Waals surface area contributed by atoms with Gasteiger partial charge in [0, 0.05) is 6.04 Å². The van der Waals surface area contributed by atoms with Crippen molar-refractivity contribution < 1.29 is 19.4 Å². The van der Waals surface area contributed by atoms with Gasteiger partial charge in [-0.3, -0.25) is 4.79 Å². The van der Waals surface area contributed by atoms with Crippen molar-refractivity contribution in [1.82, 2.24) is 5.32 Å². The van der Waals surface area contributed by atoms with Crippen LogP contribution < -0.4 is 10.1 Å². The fourth-order valence-electron chi connectivity index (χ4n) is 2.52. The van der Waals surface area contributed by atoms with Gasteiger partial charge in [-0.25, -0.2) is 4.79 Å². The molecule has 0 unspecified atom stereocenters. The van der Waals surface area contributed by atoms with Crippen LogP contribution in [0.25, 0.3) is 0 Å². The molecule has 0 spiro atoms. The van der Waals surface area contributed by atoms with E-state index in [9.17, 15) is 9.59 Å². The van der Waals surface area contributed by atoms with E-state index in [0.29, 0.717) is 5.75 Å². The zero-order valence-electron chi connectivity index (χ0n) is 12.2. The molecule has 5 nitrogen and oxygen atoms in total. The highest BCUT2D eigenvalue weighted by molar-refractivity contribution is 5.87. The van der Waals surface area contributed by atoms with Crippen LogP contribution in [0.3, 0.4) is 0 Å². The summed E-state index contributed by atoms with van der Waals surface area (Å²) in [6.45, 7) is 2.19. The maximum absolute atomic E-state index is 11.8. The second-order valence-electron chi connectivity index (χ2n) is 5.64. The molecule has 0 saturated heterocycles. The minimum atomic E-state index is -0.981. The number of hydrogen-bond donors (Lipinski definition) is 2. The van der Waals surface area contributed by atoms with E-state index in [1.54, 1.807) is 12.1 Å². The van der Waals surface area contributed by atoms with Gasteiger partial charge in [0.1, 0.15) is 5.75 Å². The normalized spacial score (nSPS) is 21.6. The Hall–Kier alpha value is -2.04. The first-order valence-corrected chi connectivity index (χ1v) is 7.30. The summed E-state index contributed by atoms with van der Waals surface area (Å²) in [5, 5.41) is 11.8. The molecule has 1 aliphatic rings. The Bertz CT molecular complexity index is 490. The van der Waals surface area contributed by atoms with Crippen LogP contribution >= 0.6 is 0 Å². The Kier molecular flexibility index (Phi) is 5.20. The summed E-state index contributed by atoms with van der Waals surface area (Å²) in [4.78, 5) is 22.5. The fourth-order valence-corrected chi connectivity index (χ4v) is 2.52. The molecule has 1 amide bonds. The van der Waals surface area contributed by atoms with Crippen molar-refractivity contribution in [3.63, 3.8) is 0 Å². The molecule has 1 aliphatic carbocycles. The molecule has 1 aromatic carbocycles. The molecule has 0 aromatic heterocycles. The van der Waals surface area contributed by atoms with Crippen LogP contribution in [0.2, 0.25) is 0 Å². The summed E-state index contributed by atoms with van der Waals surface area (Å²) in [7, 11) is 0. The number of benzene rings is 1. The van der Waals surface area contributed by atoms with Crippen LogP contribution in [0, 0.1) is 5.92 Å². The van der Waals surface area contributed by atoms with E-state index in [4.69, 9.17) is 9.84 Å². The summed E-state index contributed by atoms with van der Waals surface area (Å²) in [5.41, 5.74) is 0.197. The van der Waals surface area contributed by atoms with Crippen LogP contribution in [-0.4, -0.2) is 29.6 Å². The molecule has 0 bridgehead atoms. The van der Waals surface area contributed by atoms with Gasteiger partial charge in [0.15, 0.2) is 6.61 Å². The maximum atomic E-state index is 11.8. The highest BCUT2D eigenvalue weighted by atomic mass is 16.5. The number of hydrogen-bond acceptors (Lipinski definition) is 3. The second kappa shape index (κ2) is 7.11. The van der Waals surface area contributed by atoms with Crippen molar-refractivity contribution in [2.24, 2.45) is 5.92 Å². The monoisotopic (exact) mass is 291 g/mol. The molecule has 21 heavy (non-hydrogen) atoms. The number of nitrogens with one attached hydrogen (secondary N) is 1. The van der Waals surface area contributed by atoms with Crippen molar-refractivity contribution in [3.05, 3.63) is 29.8 Å². The molecular weight excluding hydrogens is 270 g/mol. The lowest BCUT2D eigenvalue weighted by molar-refractivity contribution is -0.124. The SMILES string of the molecule is CC1CCC(NC(=O)COc2ccc(C(=O)O)cc2)CC1. The van der Waals surface area contributed by atoms with Crippen molar-refractivity contribution >= 4 is 11.9 Å². The van der Waals surface area contributed by atoms with Crippen LogP contribution in [-0.2, 0) is 4.79 Å². The Balaban J connectivity index is 1.74. The molecule has 2 N–H and O–H groups in total. The molecule has 0 atom stereocenters. The summed E-state index contributed by atoms with van der Waals surface area (Å²) < 4.78 is 5.36. The van der Waals surface area contributed by atoms with E-state index in [0.717, 1.165) is 31.6 Å². The molecule has 0 heterocycles. The number of carboxylic acids is 1. The summed E-state index contributed by atoms with van der Waals surface area (Å²) >= 11 is 0. The van der Waals surface area contributed by atoms with Gasteiger partial charge >= 0.3 is 5.97 Å². The third-order valence-electron chi connectivity index (χ3n) is 3.85. The standard InChI is InChI=1S/C16H21NO4/c1-11-2-6-13(7-3-11)17-15(18)10-21-14-8-4-12(5-9-14)16(19)20/h4-5,8-9,11,13H,2-3,6-7,10H2,1H3,(H,17,18)(H,19,20). The van der Waals surface area contributed by atoms with Crippen LogP contribution in [0.5, 0.6) is 5.75 Å². The van der Waals surface area contributed by atoms with Gasteiger partial charge in [-0.1, -0.05) is 6.92 Å². The van der Waals surface area contributed by atoms with E-state index in [1.165, 1.54) is 12.1 Å². The lowest BCUT2D eigenvalue weighted by Crippen LogP contribution is -2.39. The van der Waals surface area contributed by atoms with Crippen molar-refractivity contribution in [2.75, 3.05) is 6.61 Å². The van der Waals surface area contributed by atoms with Crippen molar-refractivity contribution in [1.29, 1.82) is 0 Å². The highest BCUT2D eigenvalue weighted by Crippen LogP contribution is 2.23. The van der Waals surface area contributed by atoms with E-state index in [2.05, 4.69) is 12.2 Å². The number of ether oxygens (including phenoxy) is 1. The number of aromatic carboxylic acids is 1. The maximum Gasteiger partial charge on any atom is 0.335 e. The van der Waals surface area contributed by atoms with Crippen LogP contribution in [0.4, 0.5) is 0 Å². The topological polar surface area (TPSA) is 75.6 Å². The number of rotatable bonds is 5. The Morgan fingerprint density at radius 2 is 1.81 bits per heavy atom. The smallest absolute Gasteiger partial charge is 0.335 e. The van der Waals surface area contributed by atoms with E-state index < -0.39 is 5.97 Å². The minimum absolute atomic E-state index is 0.0432. The predicted octanol–water partition coefficient (Wildman–Crippen LogP) is 2.46. The Morgan fingerprint density at radius 3 is 2.38 bits per heavy atom. The zero-order chi connectivity index (χ0) is 15.2. The third kappa shape index (κ3) is 4.77. The number of carbonyl (C=O) groups is 2. The largest absolute Gasteiger partial charge is 0.484 e. The molecule has 0 aliphatic heterocycles. The van der Waals surface area contributed by atoms with Crippen LogP contribution in [0.1, 0.15) is 43.0 Å². The molecule has 2 rings (SSSR count). The molecule has 1 saturated carbocycles. The predicted molar refractivity (Wildman–Crippen MR) is 78.5 cm³/mol. The lowest BCUT2D eigenvalue weighted by Gasteiger charge is -2.26. The molecule has 1 fully saturated rings. The van der Waals surface area contributed by atoms with Crippen molar-refractivity contribution in [2.45, 2.75) is 38.6 Å². The summed E-state index contributed by atoms with van der Waals surface area (Å²) in [5.74, 6) is 0.136. The molecule has 114 valence electrons. The van der Waals surface area contributed by atoms with Gasteiger partial charge in [-0.05, 0) is 55.9 Å². The van der Waals surface area contributed by atoms with E-state index in [1.807, 2.05) is 0 Å². The highest BCUT2D eigenvalue weighted by Gasteiger charge is 2.19. The van der Waals surface area contributed by atoms with E-state index in [-0.39, 0.29) is 24.1 Å². The second-order valence-corrected chi connectivity index (χ2v) is 5.64. The number of carboxylic acid groups (broad SMARTS) is 1. The average molecular weight is 291 g/mol. The first kappa shape index (κ1) is 15.4. The zero-order valence-corrected chi connectivity index (χ0v) is 12.2. The molecule has 1 aromatic rings. The number of amides is 1. The minimum Gasteiger partial charge on any atom is -0.484 e. The van der Waals surface area contributed by atoms with Crippen LogP contribution in [0.15, 0.2) is 24.3 Å². The summed E-state index contributed by atoms with van der Waals surface area (Å²) in [6, 6.07) is 6.28. The lowest BCUT2D eigenvalue weighted by atomic mass is 9.87. The van der Waals surface area contributed by atoms with Crippen molar-refractivity contribution in [3.8, 4) is 5.75 Å². The van der Waals surface area contributed by atoms with Gasteiger partial charge in [0.05, 0.1) is 5.56 Å².